The molecule has 4 aliphatic heterocycles. The smallest absolute Gasteiger partial charge is 0.252 e. The van der Waals surface area contributed by atoms with Crippen molar-refractivity contribution in [2.24, 2.45) is 0 Å². The van der Waals surface area contributed by atoms with Gasteiger partial charge in [-0.3, -0.25) is 9.13 Å². The Hall–Kier alpha value is -10.9. The number of rotatable bonds is 9. The highest BCUT2D eigenvalue weighted by molar-refractivity contribution is 7.01. The van der Waals surface area contributed by atoms with E-state index in [0.29, 0.717) is 0 Å². The molecule has 7 heterocycles. The van der Waals surface area contributed by atoms with E-state index in [1.807, 2.05) is 0 Å². The van der Waals surface area contributed by atoms with Gasteiger partial charge in [-0.25, -0.2) is 9.97 Å². The van der Waals surface area contributed by atoms with Gasteiger partial charge in [-0.1, -0.05) is 260 Å². The predicted octanol–water partition coefficient (Wildman–Crippen LogP) is 24.0. The van der Waals surface area contributed by atoms with E-state index >= 15 is 0 Å². The summed E-state index contributed by atoms with van der Waals surface area (Å²) in [6.07, 6.45) is 1.66. The highest BCUT2D eigenvalue weighted by Gasteiger charge is 2.48. The summed E-state index contributed by atoms with van der Waals surface area (Å²) in [5.74, 6) is 1.99. The molecule has 9 heteroatoms. The highest BCUT2D eigenvalue weighted by Crippen LogP contribution is 2.50. The van der Waals surface area contributed by atoms with E-state index in [1.165, 1.54) is 178 Å². The Morgan fingerprint density at radius 3 is 1.17 bits per heavy atom. The molecule has 580 valence electrons. The molecular formula is C107H111B2N7. The zero-order valence-corrected chi connectivity index (χ0v) is 72.9. The van der Waals surface area contributed by atoms with Gasteiger partial charge >= 0.3 is 0 Å². The average molecular weight is 1520 g/mol. The maximum Gasteiger partial charge on any atom is 0.252 e. The molecule has 12 aromatic carbocycles. The average Bonchev–Trinajstić information content (AvgIpc) is 1.40. The number of aryl methyl sites for hydroxylation is 5. The second-order valence-corrected chi connectivity index (χ2v) is 41.5. The Kier molecular flexibility index (Phi) is 16.6. The maximum absolute atomic E-state index is 6.12. The van der Waals surface area contributed by atoms with Crippen LogP contribution in [0.1, 0.15) is 212 Å². The maximum atomic E-state index is 6.12. The third kappa shape index (κ3) is 11.7. The third-order valence-corrected chi connectivity index (χ3v) is 26.8. The summed E-state index contributed by atoms with van der Waals surface area (Å²) in [5, 5.41) is 2.50. The quantitative estimate of drug-likeness (QED) is 0.135. The molecule has 0 radical (unpaired) electrons. The van der Waals surface area contributed by atoms with Gasteiger partial charge in [0.15, 0.2) is 0 Å². The molecule has 7 nitrogen and oxygen atoms in total. The monoisotopic (exact) mass is 1520 g/mol. The lowest BCUT2D eigenvalue weighted by Gasteiger charge is -2.42. The zero-order valence-electron chi connectivity index (χ0n) is 72.9. The van der Waals surface area contributed by atoms with Crippen LogP contribution in [0, 0.1) is 27.7 Å². The van der Waals surface area contributed by atoms with E-state index in [-0.39, 0.29) is 51.3 Å². The van der Waals surface area contributed by atoms with E-state index in [2.05, 4.69) is 402 Å². The first-order valence-electron chi connectivity index (χ1n) is 42.5. The lowest BCUT2D eigenvalue weighted by Crippen LogP contribution is -2.61. The molecule has 0 saturated heterocycles. The van der Waals surface area contributed by atoms with Crippen LogP contribution >= 0.6 is 0 Å². The van der Waals surface area contributed by atoms with Crippen LogP contribution in [0.25, 0.3) is 83.7 Å². The zero-order chi connectivity index (χ0) is 81.6. The Morgan fingerprint density at radius 1 is 0.293 bits per heavy atom. The number of fused-ring (bicyclic) bond motifs is 11. The molecule has 0 N–H and O–H groups in total. The van der Waals surface area contributed by atoms with Crippen LogP contribution in [-0.2, 0) is 44.3 Å². The van der Waals surface area contributed by atoms with Gasteiger partial charge in [0.1, 0.15) is 11.6 Å². The molecule has 0 aliphatic carbocycles. The summed E-state index contributed by atoms with van der Waals surface area (Å²) in [7, 11) is 0. The normalized spacial score (nSPS) is 14.0. The number of benzene rings is 12. The van der Waals surface area contributed by atoms with Crippen molar-refractivity contribution in [1.82, 2.24) is 23.7 Å². The first-order chi connectivity index (χ1) is 54.7. The number of para-hydroxylation sites is 2. The summed E-state index contributed by atoms with van der Waals surface area (Å²) < 4.78 is 7.72. The van der Waals surface area contributed by atoms with Crippen LogP contribution in [0.15, 0.2) is 212 Å². The second kappa shape index (κ2) is 25.6. The van der Waals surface area contributed by atoms with Crippen molar-refractivity contribution in [2.75, 3.05) is 9.80 Å². The van der Waals surface area contributed by atoms with Gasteiger partial charge in [-0.2, -0.15) is 0 Å². The van der Waals surface area contributed by atoms with Crippen LogP contribution in [-0.4, -0.2) is 37.1 Å². The largest absolute Gasteiger partial charge is 0.311 e. The number of hydrogen-bond donors (Lipinski definition) is 0. The number of aromatic nitrogens is 5. The van der Waals surface area contributed by atoms with E-state index in [9.17, 15) is 0 Å². The van der Waals surface area contributed by atoms with Crippen LogP contribution in [0.4, 0.5) is 34.1 Å². The number of anilines is 6. The predicted molar refractivity (Wildman–Crippen MR) is 499 cm³/mol. The SMILES string of the molecule is Cc1cccc(C)c1-c1nc2cc(C(C)(C)C)cc3c2n1-c1cc(CCC(C)(C)c2cc4c5c(c2)nc(-c2c(C)cc(C(C)(C)C)cc2C)n5-c2cc(C(C)(C)C)cc5c2B4c2ccc(C(C)(C)C)cc2N5c2ccc(C(C)(C)C)cc2)cc2c1B3c1ccc(-n3c4ccccc4c4ccccc43)cc1N2c1ccc(C(C)(C)C)cc1. The first-order valence-corrected chi connectivity index (χ1v) is 42.5. The van der Waals surface area contributed by atoms with Gasteiger partial charge < -0.3 is 14.4 Å². The minimum atomic E-state index is -0.369. The number of nitrogens with zero attached hydrogens (tertiary/aromatic N) is 7. The molecule has 0 atom stereocenters. The van der Waals surface area contributed by atoms with E-state index < -0.39 is 0 Å². The Bertz CT molecular complexity index is 6570. The molecule has 0 spiro atoms. The molecule has 0 fully saturated rings. The Morgan fingerprint density at radius 2 is 0.672 bits per heavy atom. The molecule has 0 amide bonds. The number of imidazole rings is 2. The first kappa shape index (κ1) is 75.2. The summed E-state index contributed by atoms with van der Waals surface area (Å²) in [6.45, 7) is 56.2. The Labute approximate surface area is 689 Å². The van der Waals surface area contributed by atoms with Crippen LogP contribution in [0.3, 0.4) is 0 Å². The van der Waals surface area contributed by atoms with Crippen molar-refractivity contribution in [2.45, 2.75) is 217 Å². The van der Waals surface area contributed by atoms with Gasteiger partial charge in [-0.05, 0) is 269 Å². The van der Waals surface area contributed by atoms with Crippen molar-refractivity contribution in [3.05, 3.63) is 279 Å². The van der Waals surface area contributed by atoms with Crippen LogP contribution in [0.5, 0.6) is 0 Å². The molecule has 4 aliphatic rings. The molecular weight excluding hydrogens is 1400 g/mol. The Balaban J connectivity index is 0.848. The van der Waals surface area contributed by atoms with Crippen molar-refractivity contribution in [1.29, 1.82) is 0 Å². The fourth-order valence-corrected chi connectivity index (χ4v) is 20.0. The van der Waals surface area contributed by atoms with Gasteiger partial charge in [0.25, 0.3) is 13.4 Å². The molecule has 19 rings (SSSR count). The minimum Gasteiger partial charge on any atom is -0.311 e. The summed E-state index contributed by atoms with van der Waals surface area (Å²) >= 11 is 0. The lowest BCUT2D eigenvalue weighted by molar-refractivity contribution is 0.481. The number of hydrogen-bond acceptors (Lipinski definition) is 4. The topological polar surface area (TPSA) is 47.1 Å². The third-order valence-electron chi connectivity index (χ3n) is 26.8. The molecule has 116 heavy (non-hydrogen) atoms. The minimum absolute atomic E-state index is 0.00841. The van der Waals surface area contributed by atoms with Gasteiger partial charge in [0, 0.05) is 73.1 Å². The fourth-order valence-electron chi connectivity index (χ4n) is 20.0. The van der Waals surface area contributed by atoms with E-state index in [4.69, 9.17) is 9.97 Å². The highest BCUT2D eigenvalue weighted by atomic mass is 15.2. The van der Waals surface area contributed by atoms with E-state index in [1.54, 1.807) is 0 Å². The summed E-state index contributed by atoms with van der Waals surface area (Å²) in [4.78, 5) is 17.3. The van der Waals surface area contributed by atoms with Crippen LogP contribution in [0.2, 0.25) is 0 Å². The van der Waals surface area contributed by atoms with Crippen molar-refractivity contribution in [3.63, 3.8) is 0 Å². The van der Waals surface area contributed by atoms with Crippen molar-refractivity contribution in [3.8, 4) is 39.8 Å². The second-order valence-electron chi connectivity index (χ2n) is 41.5. The van der Waals surface area contributed by atoms with Gasteiger partial charge in [0.05, 0.1) is 33.1 Å². The van der Waals surface area contributed by atoms with Gasteiger partial charge in [0.2, 0.25) is 0 Å². The van der Waals surface area contributed by atoms with Crippen molar-refractivity contribution >= 4 is 124 Å². The van der Waals surface area contributed by atoms with E-state index in [0.717, 1.165) is 52.6 Å². The summed E-state index contributed by atoms with van der Waals surface area (Å²) in [6, 6.07) is 83.8. The standard InChI is InChI=1S/C107H111B2N7/c1-62-30-29-31-63(2)93(62)99-110-83-56-71(105(17,18)19)54-81-97(83)115(99)90-53-66(52-89-95(90)109(81)80-47-45-76(61-88(80)113(89)75-43-38-68(39-44-75)102(8,9)10)114-85-34-27-25-32-77(85)78-33-26-28-35-86(78)114)48-49-107(23,24)73-55-82-98-84(57-73)111-100(94-64(3)50-70(51-65(94)4)104(14,15)16)116(98)92-60-72(106(20,21)22)59-91-96(92)108(82)79-46-40-69(103(11,12)13)58-87(79)112(91)74-41-36-67(37-42-74)101(5,6)7/h25-47,50-61H,48-49H2,1-24H3. The molecule has 0 unspecified atom stereocenters. The molecule has 0 bridgehead atoms. The van der Waals surface area contributed by atoms with Crippen molar-refractivity contribution < 1.29 is 0 Å². The molecule has 15 aromatic rings. The van der Waals surface area contributed by atoms with Gasteiger partial charge in [-0.15, -0.1) is 0 Å². The fraction of sp³-hybridized carbons (Fsp3) is 0.308. The molecule has 3 aromatic heterocycles. The lowest BCUT2D eigenvalue weighted by atomic mass is 9.33. The van der Waals surface area contributed by atoms with Crippen LogP contribution < -0.4 is 42.6 Å². The summed E-state index contributed by atoms with van der Waals surface area (Å²) in [5.41, 5.74) is 42.2. The molecule has 0 saturated carbocycles.